The standard InChI is InChI=1S/C62H98O9.CO2/c1-17-46-39(6)38(5)41(8)54(67-46)71-52-51(70-53-40(7)37(4)35(2)34-66-53)42(9)47(31-43-21-19-18-20-22-43)68-55(52)69-50-26-27-58(12)48-24-23-44-45-33-57(10,11)29-30-62(45,56(63)64)36(3)32-60(44,14)59(48,13)28-25-49(58)61(50,15)65-16;2-1-3/h18-23,35-42,45-55H,17,24-34H2,1-16H3,(H,63,64);/t35-,36?,37+,38+,39-,40?,41?,42-,45?,46?,47?,48?,49-,50+,51+,52?,53+,54+,55+,58?,59?,60-,61-,62+;/m1./s1. The summed E-state index contributed by atoms with van der Waals surface area (Å²) in [6.45, 7) is 36.1. The van der Waals surface area contributed by atoms with Crippen molar-refractivity contribution in [2.75, 3.05) is 13.7 Å². The van der Waals surface area contributed by atoms with Gasteiger partial charge in [0.25, 0.3) is 0 Å². The third-order valence-electron chi connectivity index (χ3n) is 23.7. The van der Waals surface area contributed by atoms with Crippen LogP contribution in [0.25, 0.3) is 0 Å². The molecule has 3 saturated heterocycles. The molecule has 7 fully saturated rings. The highest BCUT2D eigenvalue weighted by atomic mass is 16.8. The Morgan fingerprint density at radius 1 is 0.716 bits per heavy atom. The monoisotopic (exact) mass is 1030 g/mol. The third kappa shape index (κ3) is 9.59. The maximum absolute atomic E-state index is 13.5. The van der Waals surface area contributed by atoms with E-state index in [4.69, 9.17) is 42.7 Å². The summed E-state index contributed by atoms with van der Waals surface area (Å²) in [4.78, 5) is 29.8. The van der Waals surface area contributed by atoms with Gasteiger partial charge in [0.05, 0.1) is 42.0 Å². The highest BCUT2D eigenvalue weighted by Crippen LogP contribution is 2.76. The number of ether oxygens (including phenoxy) is 7. The Hall–Kier alpha value is -2.47. The number of benzene rings is 1. The van der Waals surface area contributed by atoms with E-state index in [9.17, 15) is 9.90 Å². The highest BCUT2D eigenvalue weighted by Gasteiger charge is 2.72. The minimum atomic E-state index is -0.750. The van der Waals surface area contributed by atoms with Crippen molar-refractivity contribution in [2.24, 2.45) is 92.2 Å². The molecular weight excluding hydrogens is 933 g/mol. The first-order valence-electron chi connectivity index (χ1n) is 29.2. The van der Waals surface area contributed by atoms with Gasteiger partial charge in [0.2, 0.25) is 0 Å². The Morgan fingerprint density at radius 3 is 2.01 bits per heavy atom. The van der Waals surface area contributed by atoms with E-state index in [1.807, 2.05) is 7.11 Å². The summed E-state index contributed by atoms with van der Waals surface area (Å²) in [5, 5.41) is 11.1. The van der Waals surface area contributed by atoms with Crippen LogP contribution in [0.15, 0.2) is 42.0 Å². The van der Waals surface area contributed by atoms with Gasteiger partial charge in [-0.25, -0.2) is 0 Å². The number of fused-ring (bicyclic) bond motifs is 7. The lowest BCUT2D eigenvalue weighted by molar-refractivity contribution is -0.382. The summed E-state index contributed by atoms with van der Waals surface area (Å²) >= 11 is 0. The molecule has 0 bridgehead atoms. The van der Waals surface area contributed by atoms with Gasteiger partial charge in [-0.2, -0.15) is 9.59 Å². The molecule has 3 aliphatic heterocycles. The molecule has 10 unspecified atom stereocenters. The van der Waals surface area contributed by atoms with Gasteiger partial charge in [0.1, 0.15) is 6.10 Å². The number of hydrogen-bond acceptors (Lipinski definition) is 10. The van der Waals surface area contributed by atoms with Crippen molar-refractivity contribution < 1.29 is 52.6 Å². The number of hydrogen-bond donors (Lipinski definition) is 1. The molecule has 8 aliphatic rings. The van der Waals surface area contributed by atoms with Gasteiger partial charge in [0, 0.05) is 24.9 Å². The van der Waals surface area contributed by atoms with E-state index in [1.165, 1.54) is 11.1 Å². The normalized spacial score (nSPS) is 49.7. The van der Waals surface area contributed by atoms with Crippen molar-refractivity contribution in [2.45, 2.75) is 229 Å². The zero-order valence-electron chi connectivity index (χ0n) is 48.4. The fraction of sp³-hybridized carbons (Fsp3) is 0.841. The summed E-state index contributed by atoms with van der Waals surface area (Å²) in [7, 11) is 1.91. The lowest BCUT2D eigenvalue weighted by Crippen LogP contribution is -2.69. The topological polar surface area (TPSA) is 136 Å². The number of allylic oxidation sites excluding steroid dienone is 2. The summed E-state index contributed by atoms with van der Waals surface area (Å²) < 4.78 is 50.5. The molecule has 1 aromatic carbocycles. The van der Waals surface area contributed by atoms with E-state index in [-0.39, 0.29) is 87.9 Å². The zero-order chi connectivity index (χ0) is 54.1. The van der Waals surface area contributed by atoms with Crippen LogP contribution in [-0.4, -0.2) is 85.9 Å². The number of aliphatic carboxylic acids is 1. The molecular formula is C63H98O11. The number of carboxylic acid groups (broad SMARTS) is 1. The number of carbonyl (C=O) groups is 1. The van der Waals surface area contributed by atoms with Crippen LogP contribution in [-0.2, 0) is 54.0 Å². The second-order valence-corrected chi connectivity index (χ2v) is 27.5. The van der Waals surface area contributed by atoms with Crippen LogP contribution in [0.3, 0.4) is 0 Å². The maximum Gasteiger partial charge on any atom is 0.373 e. The summed E-state index contributed by atoms with van der Waals surface area (Å²) in [6, 6.07) is 10.7. The van der Waals surface area contributed by atoms with E-state index >= 15 is 0 Å². The predicted molar refractivity (Wildman–Crippen MR) is 284 cm³/mol. The van der Waals surface area contributed by atoms with Crippen LogP contribution in [0.2, 0.25) is 0 Å². The van der Waals surface area contributed by atoms with Crippen LogP contribution >= 0.6 is 0 Å². The molecule has 3 heterocycles. The number of rotatable bonds is 11. The first kappa shape index (κ1) is 57.7. The van der Waals surface area contributed by atoms with Crippen molar-refractivity contribution >= 4 is 12.1 Å². The highest BCUT2D eigenvalue weighted by molar-refractivity contribution is 5.77. The SMILES string of the molecule is CCC1O[C@@H](OC2[C@H](O[C@H]3CCC4(C)C5CC=C6C7CC(C)(C)CC[C@]7(C(=O)O)C(C)C[C@@]6(C)C5(C)CC[C@H]4[C@@]3(C)OC)OC(Cc3ccccc3)[C@@H](C)[C@@H]2O[C@@H]2OC[C@@H](C)[C@H](C)C2C)C(C)[C@@H](C)[C@H]1C.O=C=O. The van der Waals surface area contributed by atoms with E-state index < -0.39 is 41.8 Å². The molecule has 0 amide bonds. The summed E-state index contributed by atoms with van der Waals surface area (Å²) in [5.74, 6) is 2.24. The lowest BCUT2D eigenvalue weighted by Gasteiger charge is -2.72. The quantitative estimate of drug-likeness (QED) is 0.168. The van der Waals surface area contributed by atoms with Crippen molar-refractivity contribution in [1.29, 1.82) is 0 Å². The van der Waals surface area contributed by atoms with Gasteiger partial charge < -0.3 is 38.3 Å². The van der Waals surface area contributed by atoms with Gasteiger partial charge in [-0.1, -0.05) is 139 Å². The molecule has 0 radical (unpaired) electrons. The van der Waals surface area contributed by atoms with Gasteiger partial charge >= 0.3 is 12.1 Å². The van der Waals surface area contributed by atoms with Gasteiger partial charge in [-0.05, 0) is 152 Å². The van der Waals surface area contributed by atoms with Gasteiger partial charge in [-0.15, -0.1) is 0 Å². The van der Waals surface area contributed by atoms with E-state index in [0.29, 0.717) is 36.2 Å². The molecule has 0 spiro atoms. The molecule has 416 valence electrons. The predicted octanol–water partition coefficient (Wildman–Crippen LogP) is 13.0. The molecule has 74 heavy (non-hydrogen) atoms. The molecule has 0 aromatic heterocycles. The van der Waals surface area contributed by atoms with E-state index in [0.717, 1.165) is 70.6 Å². The Kier molecular flexibility index (Phi) is 16.9. The average molecular weight is 1030 g/mol. The average Bonchev–Trinajstić information content (AvgIpc) is 3.35. The van der Waals surface area contributed by atoms with Crippen LogP contribution in [0, 0.1) is 92.2 Å². The Balaban J connectivity index is 0.00000237. The van der Waals surface area contributed by atoms with Gasteiger partial charge in [-0.3, -0.25) is 4.79 Å². The summed E-state index contributed by atoms with van der Waals surface area (Å²) in [6.07, 6.45) is 10.1. The first-order chi connectivity index (χ1) is 34.8. The van der Waals surface area contributed by atoms with Crippen LogP contribution in [0.4, 0.5) is 0 Å². The van der Waals surface area contributed by atoms with Crippen LogP contribution in [0.5, 0.6) is 0 Å². The number of carboxylic acids is 1. The maximum atomic E-state index is 13.5. The van der Waals surface area contributed by atoms with Crippen molar-refractivity contribution in [3.63, 3.8) is 0 Å². The van der Waals surface area contributed by atoms with Crippen molar-refractivity contribution in [1.82, 2.24) is 0 Å². The van der Waals surface area contributed by atoms with Crippen LogP contribution < -0.4 is 0 Å². The Labute approximate surface area is 446 Å². The molecule has 1 aromatic rings. The first-order valence-corrected chi connectivity index (χ1v) is 29.2. The van der Waals surface area contributed by atoms with E-state index in [1.54, 1.807) is 0 Å². The zero-order valence-corrected chi connectivity index (χ0v) is 48.4. The minimum absolute atomic E-state index is 0.0112. The minimum Gasteiger partial charge on any atom is -0.481 e. The number of methoxy groups -OCH3 is 1. The molecule has 5 aliphatic carbocycles. The van der Waals surface area contributed by atoms with Crippen LogP contribution in [0.1, 0.15) is 174 Å². The second kappa shape index (κ2) is 21.6. The molecule has 11 heteroatoms. The van der Waals surface area contributed by atoms with Crippen molar-refractivity contribution in [3.8, 4) is 0 Å². The van der Waals surface area contributed by atoms with E-state index in [2.05, 4.69) is 140 Å². The Morgan fingerprint density at radius 2 is 1.36 bits per heavy atom. The molecule has 11 nitrogen and oxygen atoms in total. The fourth-order valence-corrected chi connectivity index (χ4v) is 17.9. The molecule has 4 saturated carbocycles. The molecule has 1 N–H and O–H groups in total. The second-order valence-electron chi connectivity index (χ2n) is 27.5. The lowest BCUT2D eigenvalue weighted by atomic mass is 9.33. The largest absolute Gasteiger partial charge is 0.481 e. The summed E-state index contributed by atoms with van der Waals surface area (Å²) in [5.41, 5.74) is 1.39. The smallest absolute Gasteiger partial charge is 0.373 e. The molecule has 9 rings (SSSR count). The third-order valence-corrected chi connectivity index (χ3v) is 23.7. The number of carbonyl (C=O) groups excluding carboxylic acids is 2. The fourth-order valence-electron chi connectivity index (χ4n) is 17.9. The Bertz CT molecular complexity index is 2170. The molecule has 24 atom stereocenters. The van der Waals surface area contributed by atoms with Gasteiger partial charge in [0.15, 0.2) is 18.9 Å². The van der Waals surface area contributed by atoms with Crippen molar-refractivity contribution in [3.05, 3.63) is 47.5 Å².